The second kappa shape index (κ2) is 10.4. The van der Waals surface area contributed by atoms with Crippen LogP contribution in [0.5, 0.6) is 0 Å². The van der Waals surface area contributed by atoms with Crippen LogP contribution in [0.1, 0.15) is 46.5 Å². The van der Waals surface area contributed by atoms with Gasteiger partial charge in [-0.2, -0.15) is 0 Å². The van der Waals surface area contributed by atoms with E-state index in [1.165, 1.54) is 0 Å². The van der Waals surface area contributed by atoms with Gasteiger partial charge in [-0.15, -0.1) is 0 Å². The third-order valence-corrected chi connectivity index (χ3v) is 3.95. The minimum atomic E-state index is -0.831. The minimum Gasteiger partial charge on any atom is -0.667 e. The standard InChI is InChI=1S/C16H28N3O3.Y/c1-10(2)14(17)16(22)19-8-6-5-7-13(19)15(21)18-11(3)9-12(4)20;/h10-11,13-14,17,20H,4-9H2,1-3H3,(H,18,21);/q-1;/t11-,13?,14+;/m1./s1. The van der Waals surface area contributed by atoms with E-state index in [-0.39, 0.29) is 62.2 Å². The van der Waals surface area contributed by atoms with Crippen molar-refractivity contribution in [3.8, 4) is 0 Å². The zero-order chi connectivity index (χ0) is 16.9. The molecule has 0 aromatic carbocycles. The van der Waals surface area contributed by atoms with Gasteiger partial charge >= 0.3 is 0 Å². The third-order valence-electron chi connectivity index (χ3n) is 3.95. The fourth-order valence-electron chi connectivity index (χ4n) is 2.68. The van der Waals surface area contributed by atoms with Gasteiger partial charge in [0.25, 0.3) is 0 Å². The van der Waals surface area contributed by atoms with E-state index in [0.717, 1.165) is 12.8 Å². The number of rotatable bonds is 6. The molecule has 1 fully saturated rings. The molecule has 0 spiro atoms. The Kier molecular flexibility index (Phi) is 10.2. The van der Waals surface area contributed by atoms with E-state index in [9.17, 15) is 14.7 Å². The quantitative estimate of drug-likeness (QED) is 0.672. The van der Waals surface area contributed by atoms with Crippen molar-refractivity contribution in [3.05, 3.63) is 18.1 Å². The number of nitrogens with one attached hydrogen (secondary N) is 2. The van der Waals surface area contributed by atoms with Gasteiger partial charge in [0.2, 0.25) is 11.8 Å². The summed E-state index contributed by atoms with van der Waals surface area (Å²) in [6.07, 6.45) is 2.67. The molecule has 3 atom stereocenters. The molecule has 1 aliphatic heterocycles. The van der Waals surface area contributed by atoms with Crippen LogP contribution in [0.4, 0.5) is 0 Å². The Morgan fingerprint density at radius 3 is 2.48 bits per heavy atom. The molecule has 1 heterocycles. The summed E-state index contributed by atoms with van der Waals surface area (Å²) in [5, 5.41) is 12.0. The van der Waals surface area contributed by atoms with E-state index in [4.69, 9.17) is 5.73 Å². The maximum Gasteiger partial charge on any atom is 0.243 e. The Balaban J connectivity index is 0.00000484. The zero-order valence-electron chi connectivity index (χ0n) is 14.3. The number of nitrogens with zero attached hydrogens (tertiary/aromatic N) is 1. The summed E-state index contributed by atoms with van der Waals surface area (Å²) in [6, 6.07) is -1.58. The van der Waals surface area contributed by atoms with Crippen molar-refractivity contribution in [2.24, 2.45) is 5.92 Å². The fraction of sp³-hybridized carbons (Fsp3) is 0.750. The molecule has 3 N–H and O–H groups in total. The molecule has 23 heavy (non-hydrogen) atoms. The van der Waals surface area contributed by atoms with Crippen molar-refractivity contribution < 1.29 is 47.4 Å². The van der Waals surface area contributed by atoms with Gasteiger partial charge in [-0.05, 0) is 26.2 Å². The number of piperidine rings is 1. The van der Waals surface area contributed by atoms with Crippen LogP contribution in [0.3, 0.4) is 0 Å². The molecule has 0 saturated carbocycles. The van der Waals surface area contributed by atoms with Crippen molar-refractivity contribution in [2.45, 2.75) is 64.6 Å². The second-order valence-corrected chi connectivity index (χ2v) is 6.44. The molecule has 1 rings (SSSR count). The average molecular weight is 399 g/mol. The normalized spacial score (nSPS) is 20.4. The molecule has 1 saturated heterocycles. The van der Waals surface area contributed by atoms with Crippen LogP contribution in [0.25, 0.3) is 5.73 Å². The molecule has 1 aliphatic rings. The molecule has 1 unspecified atom stereocenters. The Bertz CT molecular complexity index is 429. The Morgan fingerprint density at radius 2 is 1.96 bits per heavy atom. The smallest absolute Gasteiger partial charge is 0.243 e. The molecule has 1 radical (unpaired) electrons. The van der Waals surface area contributed by atoms with Gasteiger partial charge < -0.3 is 21.1 Å². The molecule has 2 amide bonds. The van der Waals surface area contributed by atoms with Crippen LogP contribution in [0.2, 0.25) is 0 Å². The molecule has 0 aliphatic carbocycles. The van der Waals surface area contributed by atoms with Crippen molar-refractivity contribution in [1.82, 2.24) is 10.2 Å². The van der Waals surface area contributed by atoms with Gasteiger partial charge in [-0.1, -0.05) is 32.4 Å². The molecule has 0 aromatic rings. The maximum absolute atomic E-state index is 12.4. The van der Waals surface area contributed by atoms with E-state index in [1.54, 1.807) is 11.8 Å². The number of aliphatic hydroxyl groups is 1. The fourth-order valence-corrected chi connectivity index (χ4v) is 2.68. The molecule has 7 heteroatoms. The summed E-state index contributed by atoms with van der Waals surface area (Å²) in [6.45, 7) is 9.40. The zero-order valence-corrected chi connectivity index (χ0v) is 17.2. The van der Waals surface area contributed by atoms with Crippen molar-refractivity contribution in [1.29, 1.82) is 0 Å². The van der Waals surface area contributed by atoms with Crippen molar-refractivity contribution in [3.63, 3.8) is 0 Å². The number of carbonyl (C=O) groups excluding carboxylic acids is 2. The van der Waals surface area contributed by atoms with Crippen LogP contribution in [0, 0.1) is 5.92 Å². The van der Waals surface area contributed by atoms with Crippen molar-refractivity contribution >= 4 is 11.8 Å². The topological polar surface area (TPSA) is 93.4 Å². The SMILES string of the molecule is C=C(O)C[C@@H](C)NC(=O)C1CCCCN1C(=O)[C@@H]([NH-])C(C)C.[Y]. The minimum absolute atomic E-state index is 0. The van der Waals surface area contributed by atoms with Crippen LogP contribution >= 0.6 is 0 Å². The van der Waals surface area contributed by atoms with Crippen LogP contribution < -0.4 is 5.32 Å². The first-order valence-electron chi connectivity index (χ1n) is 7.92. The van der Waals surface area contributed by atoms with E-state index >= 15 is 0 Å². The average Bonchev–Trinajstić information content (AvgIpc) is 2.44. The Hall–Kier alpha value is -0.456. The summed E-state index contributed by atoms with van der Waals surface area (Å²) >= 11 is 0. The number of hydrogen-bond donors (Lipinski definition) is 2. The van der Waals surface area contributed by atoms with Gasteiger partial charge in [0.15, 0.2) is 0 Å². The van der Waals surface area contributed by atoms with Gasteiger partial charge in [0.1, 0.15) is 6.04 Å². The predicted octanol–water partition coefficient (Wildman–Crippen LogP) is 2.41. The van der Waals surface area contributed by atoms with E-state index < -0.39 is 12.1 Å². The summed E-state index contributed by atoms with van der Waals surface area (Å²) < 4.78 is 0. The van der Waals surface area contributed by atoms with Gasteiger partial charge in [0, 0.05) is 51.7 Å². The third kappa shape index (κ3) is 6.90. The Labute approximate surface area is 164 Å². The summed E-state index contributed by atoms with van der Waals surface area (Å²) in [5.41, 5.74) is 7.97. The van der Waals surface area contributed by atoms with E-state index in [0.29, 0.717) is 19.4 Å². The molecular weight excluding hydrogens is 371 g/mol. The van der Waals surface area contributed by atoms with E-state index in [1.807, 2.05) is 13.8 Å². The van der Waals surface area contributed by atoms with E-state index in [2.05, 4.69) is 11.9 Å². The number of hydrogen-bond acceptors (Lipinski definition) is 3. The first-order chi connectivity index (χ1) is 10.2. The van der Waals surface area contributed by atoms with Crippen molar-refractivity contribution in [2.75, 3.05) is 6.54 Å². The van der Waals surface area contributed by atoms with Gasteiger partial charge in [0.05, 0.1) is 5.76 Å². The molecular formula is C16H28N3O3Y-. The van der Waals surface area contributed by atoms with Crippen LogP contribution in [0.15, 0.2) is 12.3 Å². The first kappa shape index (κ1) is 22.5. The summed E-state index contributed by atoms with van der Waals surface area (Å²) in [5.74, 6) is -0.531. The Morgan fingerprint density at radius 1 is 1.35 bits per heavy atom. The second-order valence-electron chi connectivity index (χ2n) is 6.44. The van der Waals surface area contributed by atoms with Gasteiger partial charge in [-0.3, -0.25) is 9.59 Å². The number of likely N-dealkylation sites (tertiary alicyclic amines) is 1. The molecule has 129 valence electrons. The van der Waals surface area contributed by atoms with Crippen LogP contribution in [-0.2, 0) is 42.3 Å². The van der Waals surface area contributed by atoms with Crippen LogP contribution in [-0.4, -0.2) is 46.5 Å². The first-order valence-corrected chi connectivity index (χ1v) is 7.92. The molecule has 0 bridgehead atoms. The number of carbonyl (C=O) groups is 2. The molecule has 6 nitrogen and oxygen atoms in total. The van der Waals surface area contributed by atoms with Gasteiger partial charge in [-0.25, -0.2) is 0 Å². The monoisotopic (exact) mass is 399 g/mol. The molecule has 0 aromatic heterocycles. The number of aliphatic hydroxyl groups excluding tert-OH is 1. The summed E-state index contributed by atoms with van der Waals surface area (Å²) in [7, 11) is 0. The number of amides is 2. The largest absolute Gasteiger partial charge is 0.667 e. The maximum atomic E-state index is 12.4. The summed E-state index contributed by atoms with van der Waals surface area (Å²) in [4.78, 5) is 26.4. The predicted molar refractivity (Wildman–Crippen MR) is 86.3 cm³/mol.